The standard InChI is InChI=1S/C41H29NO5S/c1-25-16-18-30(19-17-25)48(46,47)36-23-33-35(42(41(36)45)24-26-10-4-2-5-11-26)22-34-38(37(33)27-12-6-3-7-13-27)40(44)32-21-29-15-9-8-14-28(29)20-31(32)39(34)43/h2-22,36H,23-24H2,1H3. The van der Waals surface area contributed by atoms with Gasteiger partial charge in [-0.05, 0) is 70.3 Å². The Kier molecular flexibility index (Phi) is 6.96. The van der Waals surface area contributed by atoms with Crippen LogP contribution in [-0.2, 0) is 27.6 Å². The largest absolute Gasteiger partial charge is 0.307 e. The summed E-state index contributed by atoms with van der Waals surface area (Å²) in [4.78, 5) is 45.0. The highest BCUT2D eigenvalue weighted by atomic mass is 32.2. The molecule has 6 nitrogen and oxygen atoms in total. The Bertz CT molecular complexity index is 2420. The van der Waals surface area contributed by atoms with Crippen LogP contribution in [0.1, 0.15) is 48.5 Å². The lowest BCUT2D eigenvalue weighted by molar-refractivity contribution is -0.118. The van der Waals surface area contributed by atoms with Gasteiger partial charge in [0, 0.05) is 34.4 Å². The third-order valence-corrected chi connectivity index (χ3v) is 11.5. The minimum atomic E-state index is -4.16. The smallest absolute Gasteiger partial charge is 0.246 e. The number of ketones is 2. The number of anilines is 1. The van der Waals surface area contributed by atoms with E-state index in [1.54, 1.807) is 30.3 Å². The number of hydrogen-bond donors (Lipinski definition) is 0. The van der Waals surface area contributed by atoms with Crippen molar-refractivity contribution in [1.29, 1.82) is 0 Å². The highest BCUT2D eigenvalue weighted by molar-refractivity contribution is 7.92. The fraction of sp³-hybridized carbons (Fsp3) is 0.0976. The molecule has 8 rings (SSSR count). The van der Waals surface area contributed by atoms with Crippen molar-refractivity contribution in [2.24, 2.45) is 0 Å². The maximum Gasteiger partial charge on any atom is 0.246 e. The van der Waals surface area contributed by atoms with Gasteiger partial charge in [-0.2, -0.15) is 0 Å². The highest BCUT2D eigenvalue weighted by Gasteiger charge is 2.45. The summed E-state index contributed by atoms with van der Waals surface area (Å²) in [6.07, 6.45) is -0.154. The van der Waals surface area contributed by atoms with Gasteiger partial charge in [0.2, 0.25) is 5.91 Å². The van der Waals surface area contributed by atoms with Crippen LogP contribution in [0.5, 0.6) is 0 Å². The van der Waals surface area contributed by atoms with Gasteiger partial charge in [0.1, 0.15) is 5.25 Å². The molecule has 0 N–H and O–H groups in total. The summed E-state index contributed by atoms with van der Waals surface area (Å²) >= 11 is 0. The zero-order valence-corrected chi connectivity index (χ0v) is 26.8. The zero-order chi connectivity index (χ0) is 33.2. The van der Waals surface area contributed by atoms with Gasteiger partial charge in [-0.15, -0.1) is 0 Å². The number of carbonyl (C=O) groups is 3. The third kappa shape index (κ3) is 4.69. The van der Waals surface area contributed by atoms with Crippen molar-refractivity contribution in [2.45, 2.75) is 30.0 Å². The Morgan fingerprint density at radius 2 is 1.23 bits per heavy atom. The predicted molar refractivity (Wildman–Crippen MR) is 186 cm³/mol. The molecule has 7 heteroatoms. The molecule has 0 saturated carbocycles. The molecule has 1 aliphatic carbocycles. The van der Waals surface area contributed by atoms with E-state index in [0.29, 0.717) is 33.5 Å². The van der Waals surface area contributed by atoms with E-state index in [-0.39, 0.29) is 40.6 Å². The van der Waals surface area contributed by atoms with Crippen molar-refractivity contribution in [2.75, 3.05) is 4.90 Å². The summed E-state index contributed by atoms with van der Waals surface area (Å²) in [5.41, 5.74) is 4.86. The number of aryl methyl sites for hydroxylation is 1. The predicted octanol–water partition coefficient (Wildman–Crippen LogP) is 7.52. The molecule has 6 aromatic rings. The van der Waals surface area contributed by atoms with Crippen LogP contribution in [0.4, 0.5) is 5.69 Å². The third-order valence-electron chi connectivity index (χ3n) is 9.45. The number of fused-ring (bicyclic) bond motifs is 4. The lowest BCUT2D eigenvalue weighted by atomic mass is 9.76. The van der Waals surface area contributed by atoms with E-state index in [0.717, 1.165) is 21.9 Å². The van der Waals surface area contributed by atoms with Crippen LogP contribution in [0.25, 0.3) is 21.9 Å². The molecule has 1 unspecified atom stereocenters. The number of nitrogens with zero attached hydrogens (tertiary/aromatic N) is 1. The van der Waals surface area contributed by atoms with Crippen molar-refractivity contribution in [3.63, 3.8) is 0 Å². The number of sulfone groups is 1. The van der Waals surface area contributed by atoms with Crippen LogP contribution in [-0.4, -0.2) is 31.1 Å². The van der Waals surface area contributed by atoms with Crippen molar-refractivity contribution in [3.8, 4) is 11.1 Å². The molecule has 0 aromatic heterocycles. The minimum absolute atomic E-state index is 0.0563. The van der Waals surface area contributed by atoms with E-state index in [2.05, 4.69) is 0 Å². The second-order valence-corrected chi connectivity index (χ2v) is 14.5. The van der Waals surface area contributed by atoms with E-state index in [4.69, 9.17) is 0 Å². The summed E-state index contributed by atoms with van der Waals surface area (Å²) in [6, 6.07) is 37.8. The Balaban J connectivity index is 1.41. The normalized spacial score (nSPS) is 15.6. The van der Waals surface area contributed by atoms with Crippen LogP contribution in [0.2, 0.25) is 0 Å². The van der Waals surface area contributed by atoms with Gasteiger partial charge < -0.3 is 4.90 Å². The number of carbonyl (C=O) groups excluding carboxylic acids is 3. The summed E-state index contributed by atoms with van der Waals surface area (Å²) in [6.45, 7) is 1.96. The number of benzene rings is 6. The van der Waals surface area contributed by atoms with E-state index >= 15 is 0 Å². The van der Waals surface area contributed by atoms with Crippen LogP contribution in [0, 0.1) is 6.92 Å². The average Bonchev–Trinajstić information content (AvgIpc) is 3.11. The molecule has 0 radical (unpaired) electrons. The Labute approximate surface area is 278 Å². The summed E-state index contributed by atoms with van der Waals surface area (Å²) in [7, 11) is -4.16. The van der Waals surface area contributed by atoms with Gasteiger partial charge in [0.25, 0.3) is 0 Å². The number of amides is 1. The van der Waals surface area contributed by atoms with E-state index < -0.39 is 21.0 Å². The molecule has 1 aliphatic heterocycles. The van der Waals surface area contributed by atoms with Crippen LogP contribution in [0.3, 0.4) is 0 Å². The van der Waals surface area contributed by atoms with Crippen LogP contribution in [0.15, 0.2) is 132 Å². The topological polar surface area (TPSA) is 88.6 Å². The fourth-order valence-corrected chi connectivity index (χ4v) is 8.64. The van der Waals surface area contributed by atoms with Crippen molar-refractivity contribution >= 4 is 43.8 Å². The molecule has 234 valence electrons. The lowest BCUT2D eigenvalue weighted by Crippen LogP contribution is -2.48. The molecule has 1 amide bonds. The van der Waals surface area contributed by atoms with Crippen LogP contribution >= 0.6 is 0 Å². The monoisotopic (exact) mass is 647 g/mol. The molecule has 48 heavy (non-hydrogen) atoms. The fourth-order valence-electron chi connectivity index (χ4n) is 7.02. The van der Waals surface area contributed by atoms with Crippen LogP contribution < -0.4 is 4.90 Å². The summed E-state index contributed by atoms with van der Waals surface area (Å²) in [5.74, 6) is -1.20. The SMILES string of the molecule is Cc1ccc(S(=O)(=O)C2Cc3c(cc4c(c3-c3ccccc3)C(=O)c3cc5ccccc5cc3C4=O)N(Cc3ccccc3)C2=O)cc1. The number of hydrogen-bond acceptors (Lipinski definition) is 5. The Morgan fingerprint density at radius 1 is 0.646 bits per heavy atom. The molecule has 0 bridgehead atoms. The molecule has 6 aromatic carbocycles. The van der Waals surface area contributed by atoms with Gasteiger partial charge in [0.15, 0.2) is 21.4 Å². The molecule has 0 saturated heterocycles. The highest BCUT2D eigenvalue weighted by Crippen LogP contribution is 2.46. The molecule has 2 aliphatic rings. The first kappa shape index (κ1) is 29.7. The molecule has 0 spiro atoms. The van der Waals surface area contributed by atoms with Gasteiger partial charge in [-0.1, -0.05) is 103 Å². The second kappa shape index (κ2) is 11.2. The molecular formula is C41H29NO5S. The number of rotatable bonds is 5. The van der Waals surface area contributed by atoms with Crippen molar-refractivity contribution in [3.05, 3.63) is 166 Å². The van der Waals surface area contributed by atoms with Gasteiger partial charge in [0.05, 0.1) is 11.4 Å². The Hall–Kier alpha value is -5.66. The molecule has 1 heterocycles. The zero-order valence-electron chi connectivity index (χ0n) is 26.0. The Morgan fingerprint density at radius 3 is 1.88 bits per heavy atom. The van der Waals surface area contributed by atoms with E-state index in [9.17, 15) is 22.8 Å². The van der Waals surface area contributed by atoms with E-state index in [1.807, 2.05) is 91.9 Å². The quantitative estimate of drug-likeness (QED) is 0.193. The van der Waals surface area contributed by atoms with Crippen molar-refractivity contribution in [1.82, 2.24) is 0 Å². The maximum absolute atomic E-state index is 14.6. The molecule has 1 atom stereocenters. The first-order valence-corrected chi connectivity index (χ1v) is 17.3. The molecule has 0 fully saturated rings. The second-order valence-electron chi connectivity index (χ2n) is 12.4. The maximum atomic E-state index is 14.6. The van der Waals surface area contributed by atoms with Crippen molar-refractivity contribution < 1.29 is 22.8 Å². The van der Waals surface area contributed by atoms with E-state index in [1.165, 1.54) is 17.0 Å². The molecular weight excluding hydrogens is 619 g/mol. The minimum Gasteiger partial charge on any atom is -0.307 e. The first-order chi connectivity index (χ1) is 23.2. The summed E-state index contributed by atoms with van der Waals surface area (Å²) in [5, 5.41) is 0.235. The summed E-state index contributed by atoms with van der Waals surface area (Å²) < 4.78 is 28.6. The van der Waals surface area contributed by atoms with Gasteiger partial charge in [-0.25, -0.2) is 8.42 Å². The average molecular weight is 648 g/mol. The lowest BCUT2D eigenvalue weighted by Gasteiger charge is -2.37. The van der Waals surface area contributed by atoms with Gasteiger partial charge >= 0.3 is 0 Å². The van der Waals surface area contributed by atoms with Gasteiger partial charge in [-0.3, -0.25) is 14.4 Å². The first-order valence-electron chi connectivity index (χ1n) is 15.8.